The van der Waals surface area contributed by atoms with E-state index in [1.54, 1.807) is 13.2 Å². The SMILES string of the molecule is CO[C@H]1/C=C/C[C@H](C)[C@@H](C)[S@@](=O)(CC(C)=O)=NC(=O)c2ccc3c(c2)N(C[C@@H]2CC[C@H]21)C[C@@]1(CCCc2cc(Cl)ccc21)CO3. The number of fused-ring (bicyclic) bond motifs is 4. The van der Waals surface area contributed by atoms with Gasteiger partial charge < -0.3 is 14.4 Å². The van der Waals surface area contributed by atoms with Crippen LogP contribution in [-0.4, -0.2) is 59.8 Å². The number of Topliss-reactive ketones (excluding diaryl/α,β-unsaturated/α-hetero) is 1. The first-order chi connectivity index (χ1) is 21.5. The lowest BCUT2D eigenvalue weighted by molar-refractivity contribution is -0.114. The molecule has 1 amide bonds. The standard InChI is InChI=1S/C36H45ClN2O5S/c1-23-7-5-9-33(43-4)30-13-10-28(30)19-39-21-36(16-6-8-26-17-29(37)12-14-31(26)36)22-44-34-15-11-27(18-32(34)39)35(41)38-45(42,25(23)3)20-24(2)40/h5,9,11-12,14-15,17-18,23,25,28,30,33H,6-8,10,13,16,19-22H2,1-4H3/b9-5+/t23-,25+,28-,30+,33-,36-,45-/m0/s1. The van der Waals surface area contributed by atoms with Gasteiger partial charge in [0.25, 0.3) is 5.91 Å². The summed E-state index contributed by atoms with van der Waals surface area (Å²) < 4.78 is 31.3. The molecule has 0 saturated heterocycles. The van der Waals surface area contributed by atoms with Crippen LogP contribution in [0.5, 0.6) is 5.75 Å². The van der Waals surface area contributed by atoms with Crippen molar-refractivity contribution >= 4 is 38.7 Å². The molecule has 6 rings (SSSR count). The van der Waals surface area contributed by atoms with Crippen molar-refractivity contribution in [1.29, 1.82) is 0 Å². The number of halogens is 1. The highest BCUT2D eigenvalue weighted by molar-refractivity contribution is 7.95. The number of hydrogen-bond donors (Lipinski definition) is 0. The summed E-state index contributed by atoms with van der Waals surface area (Å²) in [6.45, 7) is 7.35. The zero-order valence-electron chi connectivity index (χ0n) is 26.8. The minimum atomic E-state index is -3.17. The van der Waals surface area contributed by atoms with Crippen LogP contribution in [0.4, 0.5) is 5.69 Å². The van der Waals surface area contributed by atoms with Crippen molar-refractivity contribution < 1.29 is 23.3 Å². The van der Waals surface area contributed by atoms with Crippen LogP contribution >= 0.6 is 11.6 Å². The lowest BCUT2D eigenvalue weighted by Gasteiger charge is -2.46. The van der Waals surface area contributed by atoms with Crippen LogP contribution < -0.4 is 9.64 Å². The number of amides is 1. The van der Waals surface area contributed by atoms with Gasteiger partial charge in [-0.2, -0.15) is 4.36 Å². The number of ether oxygens (including phenoxy) is 2. The van der Waals surface area contributed by atoms with E-state index in [9.17, 15) is 13.8 Å². The number of anilines is 1. The maximum atomic E-state index is 14.3. The quantitative estimate of drug-likeness (QED) is 0.331. The summed E-state index contributed by atoms with van der Waals surface area (Å²) in [5.74, 6) is 0.432. The summed E-state index contributed by atoms with van der Waals surface area (Å²) in [7, 11) is -1.39. The molecule has 7 nitrogen and oxygen atoms in total. The number of methoxy groups -OCH3 is 1. The summed E-state index contributed by atoms with van der Waals surface area (Å²) in [5.41, 5.74) is 3.56. The van der Waals surface area contributed by atoms with E-state index in [-0.39, 0.29) is 29.0 Å². The molecule has 7 atom stereocenters. The molecule has 242 valence electrons. The maximum Gasteiger partial charge on any atom is 0.285 e. The van der Waals surface area contributed by atoms with Gasteiger partial charge in [0.2, 0.25) is 0 Å². The molecule has 45 heavy (non-hydrogen) atoms. The van der Waals surface area contributed by atoms with E-state index in [2.05, 4.69) is 33.5 Å². The Kier molecular flexibility index (Phi) is 9.21. The second-order valence-corrected chi connectivity index (χ2v) is 16.8. The number of hydrogen-bond acceptors (Lipinski definition) is 6. The molecule has 0 N–H and O–H groups in total. The van der Waals surface area contributed by atoms with Crippen LogP contribution in [0.15, 0.2) is 52.9 Å². The van der Waals surface area contributed by atoms with E-state index in [0.29, 0.717) is 30.4 Å². The molecule has 2 bridgehead atoms. The number of nitrogens with zero attached hydrogens (tertiary/aromatic N) is 2. The second-order valence-electron chi connectivity index (χ2n) is 13.8. The third-order valence-electron chi connectivity index (χ3n) is 10.8. The Balaban J connectivity index is 1.47. The molecule has 2 aromatic carbocycles. The second kappa shape index (κ2) is 12.8. The summed E-state index contributed by atoms with van der Waals surface area (Å²) in [4.78, 5) is 28.5. The summed E-state index contributed by atoms with van der Waals surface area (Å²) in [5, 5.41) is 0.294. The van der Waals surface area contributed by atoms with Crippen molar-refractivity contribution in [3.8, 4) is 5.75 Å². The molecule has 4 aliphatic rings. The Hall–Kier alpha value is -2.68. The first-order valence-electron chi connectivity index (χ1n) is 16.3. The van der Waals surface area contributed by atoms with E-state index in [0.717, 1.165) is 61.7 Å². The van der Waals surface area contributed by atoms with Crippen LogP contribution in [0.25, 0.3) is 0 Å². The van der Waals surface area contributed by atoms with Crippen molar-refractivity contribution in [2.24, 2.45) is 22.1 Å². The third-order valence-corrected chi connectivity index (χ3v) is 13.9. The van der Waals surface area contributed by atoms with E-state index in [1.807, 2.05) is 32.0 Å². The van der Waals surface area contributed by atoms with Crippen LogP contribution in [0.3, 0.4) is 0 Å². The minimum absolute atomic E-state index is 0.0208. The summed E-state index contributed by atoms with van der Waals surface area (Å²) >= 11 is 6.43. The largest absolute Gasteiger partial charge is 0.490 e. The number of carbonyl (C=O) groups excluding carboxylic acids is 2. The molecule has 2 aromatic rings. The van der Waals surface area contributed by atoms with Gasteiger partial charge in [-0.15, -0.1) is 0 Å². The van der Waals surface area contributed by atoms with Crippen LogP contribution in [-0.2, 0) is 31.1 Å². The average molecular weight is 653 g/mol. The zero-order valence-corrected chi connectivity index (χ0v) is 28.4. The normalized spacial score (nSPS) is 33.9. The van der Waals surface area contributed by atoms with E-state index in [4.69, 9.17) is 21.1 Å². The Bertz CT molecular complexity index is 1630. The third kappa shape index (κ3) is 6.35. The summed E-state index contributed by atoms with van der Waals surface area (Å²) in [6, 6.07) is 11.7. The monoisotopic (exact) mass is 652 g/mol. The number of rotatable bonds is 3. The average Bonchev–Trinajstić information content (AvgIpc) is 3.14. The molecule has 1 spiro atoms. The molecule has 2 aliphatic carbocycles. The number of allylic oxidation sites excluding steroid dienone is 1. The van der Waals surface area contributed by atoms with Gasteiger partial charge >= 0.3 is 0 Å². The van der Waals surface area contributed by atoms with E-state index in [1.165, 1.54) is 18.1 Å². The lowest BCUT2D eigenvalue weighted by atomic mass is 9.68. The Morgan fingerprint density at radius 1 is 1.20 bits per heavy atom. The fourth-order valence-corrected chi connectivity index (χ4v) is 10.4. The van der Waals surface area contributed by atoms with Gasteiger partial charge in [0.1, 0.15) is 11.5 Å². The molecule has 0 unspecified atom stereocenters. The number of benzene rings is 2. The van der Waals surface area contributed by atoms with Crippen molar-refractivity contribution in [3.05, 3.63) is 70.3 Å². The van der Waals surface area contributed by atoms with Crippen molar-refractivity contribution in [2.75, 3.05) is 37.5 Å². The van der Waals surface area contributed by atoms with Gasteiger partial charge in [-0.1, -0.05) is 36.7 Å². The smallest absolute Gasteiger partial charge is 0.285 e. The fraction of sp³-hybridized carbons (Fsp3) is 0.556. The molecule has 2 aliphatic heterocycles. The number of ketones is 1. The topological polar surface area (TPSA) is 85.3 Å². The highest BCUT2D eigenvalue weighted by Gasteiger charge is 2.44. The minimum Gasteiger partial charge on any atom is -0.490 e. The lowest BCUT2D eigenvalue weighted by Crippen LogP contribution is -2.49. The van der Waals surface area contributed by atoms with Crippen LogP contribution in [0.2, 0.25) is 5.02 Å². The van der Waals surface area contributed by atoms with Gasteiger partial charge in [-0.25, -0.2) is 4.21 Å². The first kappa shape index (κ1) is 32.3. The van der Waals surface area contributed by atoms with Gasteiger partial charge in [0.05, 0.1) is 33.9 Å². The highest BCUT2D eigenvalue weighted by atomic mass is 35.5. The highest BCUT2D eigenvalue weighted by Crippen LogP contribution is 2.47. The van der Waals surface area contributed by atoms with Crippen molar-refractivity contribution in [1.82, 2.24) is 0 Å². The van der Waals surface area contributed by atoms with Gasteiger partial charge in [-0.05, 0) is 112 Å². The van der Waals surface area contributed by atoms with Gasteiger partial charge in [0.15, 0.2) is 0 Å². The molecule has 0 radical (unpaired) electrons. The van der Waals surface area contributed by atoms with Gasteiger partial charge in [0, 0.05) is 41.5 Å². The predicted octanol–water partition coefficient (Wildman–Crippen LogP) is 7.04. The maximum absolute atomic E-state index is 14.3. The molecule has 1 saturated carbocycles. The Labute approximate surface area is 272 Å². The van der Waals surface area contributed by atoms with E-state index >= 15 is 0 Å². The molecular formula is C36H45ClN2O5S. The molecule has 0 aromatic heterocycles. The van der Waals surface area contributed by atoms with Crippen molar-refractivity contribution in [2.45, 2.75) is 76.1 Å². The molecule has 2 heterocycles. The summed E-state index contributed by atoms with van der Waals surface area (Å²) in [6.07, 6.45) is 10.1. The molecular weight excluding hydrogens is 608 g/mol. The van der Waals surface area contributed by atoms with Gasteiger partial charge in [-0.3, -0.25) is 9.59 Å². The first-order valence-corrected chi connectivity index (χ1v) is 18.4. The van der Waals surface area contributed by atoms with Crippen molar-refractivity contribution in [3.63, 3.8) is 0 Å². The van der Waals surface area contributed by atoms with Crippen LogP contribution in [0, 0.1) is 17.8 Å². The molecule has 9 heteroatoms. The number of aryl methyl sites for hydroxylation is 1. The Morgan fingerprint density at radius 2 is 2.02 bits per heavy atom. The van der Waals surface area contributed by atoms with Crippen LogP contribution in [0.1, 0.15) is 74.4 Å². The zero-order chi connectivity index (χ0) is 31.9. The van der Waals surface area contributed by atoms with E-state index < -0.39 is 20.9 Å². The predicted molar refractivity (Wildman–Crippen MR) is 180 cm³/mol. The Morgan fingerprint density at radius 3 is 2.76 bits per heavy atom. The number of carbonyl (C=O) groups is 2. The molecule has 1 fully saturated rings. The fourth-order valence-electron chi connectivity index (χ4n) is 7.89.